The minimum Gasteiger partial charge on any atom is -0.340 e. The summed E-state index contributed by atoms with van der Waals surface area (Å²) in [6, 6.07) is 3.04. The Hall–Kier alpha value is -2.20. The van der Waals surface area contributed by atoms with Crippen LogP contribution in [0.15, 0.2) is 18.2 Å². The number of anilines is 1. The Morgan fingerprint density at radius 1 is 1.35 bits per heavy atom. The number of rotatable bonds is 3. The van der Waals surface area contributed by atoms with Crippen molar-refractivity contribution in [3.63, 3.8) is 0 Å². The van der Waals surface area contributed by atoms with Gasteiger partial charge in [0.25, 0.3) is 5.92 Å². The fraction of sp³-hybridized carbons (Fsp3) is 0.438. The van der Waals surface area contributed by atoms with E-state index >= 15 is 0 Å². The van der Waals surface area contributed by atoms with Gasteiger partial charge in [0.05, 0.1) is 23.6 Å². The average Bonchev–Trinajstić information content (AvgIpc) is 3.14. The molecule has 1 saturated heterocycles. The summed E-state index contributed by atoms with van der Waals surface area (Å²) in [5.41, 5.74) is 6.83. The van der Waals surface area contributed by atoms with E-state index in [0.717, 1.165) is 10.0 Å². The Kier molecular flexibility index (Phi) is 4.11. The highest BCUT2D eigenvalue weighted by Gasteiger charge is 2.42. The molecule has 0 aliphatic carbocycles. The number of hydrogen-bond acceptors (Lipinski definition) is 6. The number of piperidine rings is 1. The van der Waals surface area contributed by atoms with E-state index in [-0.39, 0.29) is 19.5 Å². The maximum absolute atomic E-state index is 13.7. The van der Waals surface area contributed by atoms with Gasteiger partial charge in [0, 0.05) is 25.6 Å². The number of halogens is 3. The number of benzene rings is 1. The summed E-state index contributed by atoms with van der Waals surface area (Å²) in [6.07, 6.45) is -0.344. The summed E-state index contributed by atoms with van der Waals surface area (Å²) >= 11 is 1.45. The van der Waals surface area contributed by atoms with E-state index in [2.05, 4.69) is 15.2 Å². The maximum Gasteiger partial charge on any atom is 0.266 e. The first-order valence-corrected chi connectivity index (χ1v) is 8.98. The van der Waals surface area contributed by atoms with Crippen LogP contribution in [0.1, 0.15) is 16.4 Å². The van der Waals surface area contributed by atoms with Gasteiger partial charge in [0.2, 0.25) is 5.95 Å². The van der Waals surface area contributed by atoms with Gasteiger partial charge in [-0.3, -0.25) is 0 Å². The zero-order chi connectivity index (χ0) is 18.5. The van der Waals surface area contributed by atoms with Crippen molar-refractivity contribution in [1.82, 2.24) is 19.7 Å². The number of hydrogen-bond donors (Lipinski definition) is 1. The summed E-state index contributed by atoms with van der Waals surface area (Å²) in [6.45, 7) is 2.34. The lowest BCUT2D eigenvalue weighted by Gasteiger charge is -2.37. The Morgan fingerprint density at radius 2 is 2.15 bits per heavy atom. The van der Waals surface area contributed by atoms with Gasteiger partial charge in [-0.25, -0.2) is 18.2 Å². The molecule has 26 heavy (non-hydrogen) atoms. The molecule has 1 fully saturated rings. The number of imidazole rings is 1. The molecule has 10 heteroatoms. The predicted octanol–water partition coefficient (Wildman–Crippen LogP) is 2.56. The first kappa shape index (κ1) is 17.2. The lowest BCUT2D eigenvalue weighted by atomic mass is 10.0. The molecule has 0 radical (unpaired) electrons. The summed E-state index contributed by atoms with van der Waals surface area (Å²) in [5, 5.41) is 9.72. The fourth-order valence-electron chi connectivity index (χ4n) is 3.14. The lowest BCUT2D eigenvalue weighted by Crippen LogP contribution is -2.55. The van der Waals surface area contributed by atoms with Crippen LogP contribution in [0.4, 0.5) is 19.1 Å². The van der Waals surface area contributed by atoms with E-state index in [1.165, 1.54) is 23.5 Å². The van der Waals surface area contributed by atoms with Gasteiger partial charge in [0.15, 0.2) is 0 Å². The summed E-state index contributed by atoms with van der Waals surface area (Å²) in [5.74, 6) is -2.80. The van der Waals surface area contributed by atoms with Crippen molar-refractivity contribution in [3.8, 4) is 0 Å². The molecule has 1 atom stereocenters. The van der Waals surface area contributed by atoms with Gasteiger partial charge in [0.1, 0.15) is 15.8 Å². The molecule has 138 valence electrons. The minimum atomic E-state index is -2.89. The third kappa shape index (κ3) is 3.03. The van der Waals surface area contributed by atoms with E-state index in [4.69, 9.17) is 5.73 Å². The van der Waals surface area contributed by atoms with Gasteiger partial charge < -0.3 is 15.2 Å². The molecule has 4 rings (SSSR count). The van der Waals surface area contributed by atoms with Crippen LogP contribution in [-0.2, 0) is 6.54 Å². The Morgan fingerprint density at radius 3 is 2.85 bits per heavy atom. The Balaban J connectivity index is 1.76. The quantitative estimate of drug-likeness (QED) is 0.754. The lowest BCUT2D eigenvalue weighted by molar-refractivity contribution is -0.0395. The second-order valence-electron chi connectivity index (χ2n) is 6.41. The summed E-state index contributed by atoms with van der Waals surface area (Å²) < 4.78 is 43.0. The summed E-state index contributed by atoms with van der Waals surface area (Å²) in [4.78, 5) is 6.22. The van der Waals surface area contributed by atoms with E-state index in [1.54, 1.807) is 11.0 Å². The third-order valence-corrected chi connectivity index (χ3v) is 5.33. The molecule has 3 aromatic rings. The molecule has 2 N–H and O–H groups in total. The van der Waals surface area contributed by atoms with Crippen molar-refractivity contribution >= 4 is 28.3 Å². The van der Waals surface area contributed by atoms with Crippen LogP contribution >= 0.6 is 11.3 Å². The fourth-order valence-corrected chi connectivity index (χ4v) is 3.84. The van der Waals surface area contributed by atoms with Crippen LogP contribution in [0, 0.1) is 12.7 Å². The topological polar surface area (TPSA) is 72.9 Å². The van der Waals surface area contributed by atoms with Gasteiger partial charge in [-0.2, -0.15) is 0 Å². The van der Waals surface area contributed by atoms with Crippen molar-refractivity contribution in [2.24, 2.45) is 5.73 Å². The molecule has 1 aliphatic heterocycles. The van der Waals surface area contributed by atoms with Crippen molar-refractivity contribution in [2.75, 3.05) is 18.0 Å². The average molecular weight is 382 g/mol. The predicted molar refractivity (Wildman–Crippen MR) is 93.2 cm³/mol. The molecule has 3 heterocycles. The minimum absolute atomic E-state index is 0.0199. The number of aryl methyl sites for hydroxylation is 1. The molecule has 0 spiro atoms. The van der Waals surface area contributed by atoms with Crippen LogP contribution in [-0.4, -0.2) is 44.8 Å². The Labute approximate surface area is 151 Å². The van der Waals surface area contributed by atoms with Crippen LogP contribution in [0.25, 0.3) is 11.0 Å². The molecule has 2 aromatic heterocycles. The van der Waals surface area contributed by atoms with Crippen LogP contribution in [0.2, 0.25) is 0 Å². The molecule has 0 bridgehead atoms. The summed E-state index contributed by atoms with van der Waals surface area (Å²) in [7, 11) is 0. The smallest absolute Gasteiger partial charge is 0.266 e. The van der Waals surface area contributed by atoms with E-state index < -0.39 is 17.8 Å². The van der Waals surface area contributed by atoms with E-state index in [9.17, 15) is 13.2 Å². The SMILES string of the molecule is Cc1nnc(Cn2c(N3CCC(F)(F)[C@H](N)C3)nc3cc(F)ccc32)s1. The van der Waals surface area contributed by atoms with Crippen molar-refractivity contribution in [1.29, 1.82) is 0 Å². The number of nitrogens with zero attached hydrogens (tertiary/aromatic N) is 5. The number of alkyl halides is 2. The molecule has 1 aliphatic rings. The van der Waals surface area contributed by atoms with Crippen molar-refractivity contribution in [3.05, 3.63) is 34.0 Å². The van der Waals surface area contributed by atoms with Crippen LogP contribution < -0.4 is 10.6 Å². The normalized spacial score (nSPS) is 20.0. The van der Waals surface area contributed by atoms with E-state index in [0.29, 0.717) is 23.5 Å². The zero-order valence-corrected chi connectivity index (χ0v) is 14.8. The second-order valence-corrected chi connectivity index (χ2v) is 7.68. The van der Waals surface area contributed by atoms with Gasteiger partial charge >= 0.3 is 0 Å². The molecule has 0 unspecified atom stereocenters. The number of aromatic nitrogens is 4. The third-order valence-electron chi connectivity index (χ3n) is 4.51. The van der Waals surface area contributed by atoms with E-state index in [1.807, 2.05) is 11.5 Å². The molecular formula is C16H17F3N6S. The molecule has 0 saturated carbocycles. The number of nitrogens with two attached hydrogens (primary N) is 1. The maximum atomic E-state index is 13.7. The highest BCUT2D eigenvalue weighted by atomic mass is 32.1. The first-order valence-electron chi connectivity index (χ1n) is 8.16. The highest BCUT2D eigenvalue weighted by Crippen LogP contribution is 2.32. The van der Waals surface area contributed by atoms with Gasteiger partial charge in [-0.15, -0.1) is 10.2 Å². The molecular weight excluding hydrogens is 365 g/mol. The van der Waals surface area contributed by atoms with Gasteiger partial charge in [-0.05, 0) is 19.1 Å². The molecule has 6 nitrogen and oxygen atoms in total. The first-order chi connectivity index (χ1) is 12.3. The number of fused-ring (bicyclic) bond motifs is 1. The van der Waals surface area contributed by atoms with Gasteiger partial charge in [-0.1, -0.05) is 11.3 Å². The van der Waals surface area contributed by atoms with Crippen molar-refractivity contribution < 1.29 is 13.2 Å². The highest BCUT2D eigenvalue weighted by molar-refractivity contribution is 7.11. The van der Waals surface area contributed by atoms with Crippen LogP contribution in [0.5, 0.6) is 0 Å². The van der Waals surface area contributed by atoms with Crippen molar-refractivity contribution in [2.45, 2.75) is 31.9 Å². The zero-order valence-electron chi connectivity index (χ0n) is 14.0. The second kappa shape index (κ2) is 6.20. The van der Waals surface area contributed by atoms with Crippen LogP contribution in [0.3, 0.4) is 0 Å². The monoisotopic (exact) mass is 382 g/mol. The molecule has 0 amide bonds. The largest absolute Gasteiger partial charge is 0.340 e. The standard InChI is InChI=1S/C16H17F3N6S/c1-9-22-23-14(26-9)8-25-12-3-2-10(17)6-11(12)21-15(25)24-5-4-16(18,19)13(20)7-24/h2-3,6,13H,4-5,7-8,20H2,1H3/t13-/m1/s1. The molecule has 1 aromatic carbocycles. The Bertz CT molecular complexity index is 953.